The van der Waals surface area contributed by atoms with Gasteiger partial charge >= 0.3 is 6.09 Å². The van der Waals surface area contributed by atoms with Crippen molar-refractivity contribution in [3.05, 3.63) is 11.9 Å². The molecule has 1 amide bonds. The second-order valence-corrected chi connectivity index (χ2v) is 6.51. The first kappa shape index (κ1) is 15.8. The average molecular weight is 295 g/mol. The average Bonchev–Trinajstić information content (AvgIpc) is 2.81. The fraction of sp³-hybridized carbons (Fsp3) is 0.786. The molecule has 21 heavy (non-hydrogen) atoms. The van der Waals surface area contributed by atoms with Gasteiger partial charge in [-0.1, -0.05) is 5.21 Å². The van der Waals surface area contributed by atoms with Crippen molar-refractivity contribution >= 4 is 6.09 Å². The molecule has 2 rings (SSSR count). The van der Waals surface area contributed by atoms with Crippen molar-refractivity contribution in [3.63, 3.8) is 0 Å². The number of nitrogens with one attached hydrogen (secondary N) is 1. The highest BCUT2D eigenvalue weighted by atomic mass is 16.6. The minimum Gasteiger partial charge on any atom is -0.444 e. The van der Waals surface area contributed by atoms with E-state index in [9.17, 15) is 4.79 Å². The molecule has 1 saturated heterocycles. The quantitative estimate of drug-likeness (QED) is 0.910. The highest BCUT2D eigenvalue weighted by Gasteiger charge is 2.26. The molecule has 0 aliphatic carbocycles. The Balaban J connectivity index is 1.72. The van der Waals surface area contributed by atoms with Crippen LogP contribution in [0.2, 0.25) is 0 Å². The summed E-state index contributed by atoms with van der Waals surface area (Å²) in [4.78, 5) is 13.7. The standard InChI is InChI=1S/C14H25N5O2/c1-14(2,3)21-13(20)19-7-5-11(6-8-19)15-9-12-10-18(4)17-16-12/h10-11,15H,5-9H2,1-4H3. The van der Waals surface area contributed by atoms with Gasteiger partial charge in [-0.3, -0.25) is 4.68 Å². The molecule has 118 valence electrons. The summed E-state index contributed by atoms with van der Waals surface area (Å²) >= 11 is 0. The highest BCUT2D eigenvalue weighted by molar-refractivity contribution is 5.68. The molecule has 1 aromatic heterocycles. The topological polar surface area (TPSA) is 72.3 Å². The van der Waals surface area contributed by atoms with Crippen LogP contribution in [0.1, 0.15) is 39.3 Å². The number of likely N-dealkylation sites (tertiary alicyclic amines) is 1. The Hall–Kier alpha value is -1.63. The van der Waals surface area contributed by atoms with E-state index >= 15 is 0 Å². The first-order chi connectivity index (χ1) is 9.83. The van der Waals surface area contributed by atoms with E-state index < -0.39 is 5.60 Å². The Morgan fingerprint density at radius 2 is 2.10 bits per heavy atom. The summed E-state index contributed by atoms with van der Waals surface area (Å²) in [6.07, 6.45) is 3.55. The normalized spacial score (nSPS) is 17.0. The lowest BCUT2D eigenvalue weighted by molar-refractivity contribution is 0.0198. The van der Waals surface area contributed by atoms with E-state index in [0.29, 0.717) is 12.6 Å². The molecule has 1 N–H and O–H groups in total. The molecule has 2 heterocycles. The Morgan fingerprint density at radius 3 is 2.62 bits per heavy atom. The molecular formula is C14H25N5O2. The van der Waals surface area contributed by atoms with Crippen LogP contribution in [-0.4, -0.2) is 50.7 Å². The van der Waals surface area contributed by atoms with Crippen LogP contribution >= 0.6 is 0 Å². The Kier molecular flexibility index (Phi) is 4.82. The maximum Gasteiger partial charge on any atom is 0.410 e. The van der Waals surface area contributed by atoms with Gasteiger partial charge in [0.25, 0.3) is 0 Å². The number of amides is 1. The highest BCUT2D eigenvalue weighted by Crippen LogP contribution is 2.15. The Bertz CT molecular complexity index is 472. The van der Waals surface area contributed by atoms with Gasteiger partial charge in [0.15, 0.2) is 0 Å². The number of hydrogen-bond donors (Lipinski definition) is 1. The van der Waals surface area contributed by atoms with Crippen LogP contribution in [-0.2, 0) is 18.3 Å². The lowest BCUT2D eigenvalue weighted by atomic mass is 10.1. The minimum absolute atomic E-state index is 0.213. The van der Waals surface area contributed by atoms with Gasteiger partial charge in [-0.2, -0.15) is 0 Å². The maximum atomic E-state index is 12.0. The summed E-state index contributed by atoms with van der Waals surface area (Å²) < 4.78 is 7.09. The van der Waals surface area contributed by atoms with Crippen molar-refractivity contribution in [2.45, 2.75) is 51.8 Å². The van der Waals surface area contributed by atoms with E-state index in [1.165, 1.54) is 0 Å². The number of aryl methyl sites for hydroxylation is 1. The predicted molar refractivity (Wildman–Crippen MR) is 78.7 cm³/mol. The summed E-state index contributed by atoms with van der Waals surface area (Å²) in [6.45, 7) is 7.84. The number of rotatable bonds is 3. The third-order valence-electron chi connectivity index (χ3n) is 3.37. The van der Waals surface area contributed by atoms with Crippen molar-refractivity contribution < 1.29 is 9.53 Å². The molecule has 7 heteroatoms. The lowest BCUT2D eigenvalue weighted by Crippen LogP contribution is -2.46. The van der Waals surface area contributed by atoms with Crippen LogP contribution in [0.3, 0.4) is 0 Å². The van der Waals surface area contributed by atoms with Crippen molar-refractivity contribution in [3.8, 4) is 0 Å². The van der Waals surface area contributed by atoms with Crippen LogP contribution < -0.4 is 5.32 Å². The lowest BCUT2D eigenvalue weighted by Gasteiger charge is -2.33. The monoisotopic (exact) mass is 295 g/mol. The predicted octanol–water partition coefficient (Wildman–Crippen LogP) is 1.30. The first-order valence-corrected chi connectivity index (χ1v) is 7.40. The number of piperidine rings is 1. The summed E-state index contributed by atoms with van der Waals surface area (Å²) in [5, 5.41) is 11.4. The van der Waals surface area contributed by atoms with Crippen LogP contribution in [0.25, 0.3) is 0 Å². The Morgan fingerprint density at radius 1 is 1.43 bits per heavy atom. The summed E-state index contributed by atoms with van der Waals surface area (Å²) in [6, 6.07) is 0.408. The van der Waals surface area contributed by atoms with E-state index in [-0.39, 0.29) is 6.09 Å². The second kappa shape index (κ2) is 6.43. The van der Waals surface area contributed by atoms with Gasteiger partial charge in [0.2, 0.25) is 0 Å². The molecule has 7 nitrogen and oxygen atoms in total. The molecule has 0 unspecified atom stereocenters. The zero-order valence-corrected chi connectivity index (χ0v) is 13.3. The van der Waals surface area contributed by atoms with Gasteiger partial charge in [0.1, 0.15) is 5.60 Å². The van der Waals surface area contributed by atoms with Crippen LogP contribution in [0.5, 0.6) is 0 Å². The Labute approximate surface area is 125 Å². The van der Waals surface area contributed by atoms with E-state index in [4.69, 9.17) is 4.74 Å². The summed E-state index contributed by atoms with van der Waals surface area (Å²) in [7, 11) is 1.86. The smallest absolute Gasteiger partial charge is 0.410 e. The van der Waals surface area contributed by atoms with Crippen molar-refractivity contribution in [2.24, 2.45) is 7.05 Å². The summed E-state index contributed by atoms with van der Waals surface area (Å²) in [5.41, 5.74) is 0.505. The molecule has 0 spiro atoms. The van der Waals surface area contributed by atoms with Gasteiger partial charge < -0.3 is 15.0 Å². The molecule has 1 aliphatic rings. The number of carbonyl (C=O) groups is 1. The zero-order chi connectivity index (χ0) is 15.5. The number of carbonyl (C=O) groups excluding carboxylic acids is 1. The molecule has 0 saturated carbocycles. The molecule has 1 aromatic rings. The zero-order valence-electron chi connectivity index (χ0n) is 13.3. The van der Waals surface area contributed by atoms with Crippen LogP contribution in [0, 0.1) is 0 Å². The summed E-state index contributed by atoms with van der Waals surface area (Å²) in [5.74, 6) is 0. The molecule has 0 radical (unpaired) electrons. The van der Waals surface area contributed by atoms with Gasteiger partial charge in [-0.15, -0.1) is 5.10 Å². The van der Waals surface area contributed by atoms with E-state index in [2.05, 4.69) is 15.6 Å². The minimum atomic E-state index is -0.432. The second-order valence-electron chi connectivity index (χ2n) is 6.51. The van der Waals surface area contributed by atoms with E-state index in [0.717, 1.165) is 31.6 Å². The number of nitrogens with zero attached hydrogens (tertiary/aromatic N) is 4. The SMILES string of the molecule is Cn1cc(CNC2CCN(C(=O)OC(C)(C)C)CC2)nn1. The fourth-order valence-electron chi connectivity index (χ4n) is 2.32. The van der Waals surface area contributed by atoms with Gasteiger partial charge in [0.05, 0.1) is 5.69 Å². The van der Waals surface area contributed by atoms with Gasteiger partial charge in [-0.25, -0.2) is 4.79 Å². The molecule has 0 aromatic carbocycles. The third kappa shape index (κ3) is 5.00. The van der Waals surface area contributed by atoms with E-state index in [1.807, 2.05) is 34.0 Å². The van der Waals surface area contributed by atoms with Crippen LogP contribution in [0.15, 0.2) is 6.20 Å². The molecule has 1 fully saturated rings. The molecular weight excluding hydrogens is 270 g/mol. The number of ether oxygens (including phenoxy) is 1. The first-order valence-electron chi connectivity index (χ1n) is 7.40. The molecule has 1 aliphatic heterocycles. The maximum absolute atomic E-state index is 12.0. The van der Waals surface area contributed by atoms with Crippen molar-refractivity contribution in [1.82, 2.24) is 25.2 Å². The van der Waals surface area contributed by atoms with Crippen molar-refractivity contribution in [1.29, 1.82) is 0 Å². The molecule has 0 atom stereocenters. The fourth-order valence-corrected chi connectivity index (χ4v) is 2.32. The number of hydrogen-bond acceptors (Lipinski definition) is 5. The van der Waals surface area contributed by atoms with Gasteiger partial charge in [0, 0.05) is 38.9 Å². The number of aromatic nitrogens is 3. The third-order valence-corrected chi connectivity index (χ3v) is 3.37. The van der Waals surface area contributed by atoms with E-state index in [1.54, 1.807) is 9.58 Å². The largest absolute Gasteiger partial charge is 0.444 e. The van der Waals surface area contributed by atoms with Crippen LogP contribution in [0.4, 0.5) is 4.79 Å². The molecule has 0 bridgehead atoms. The van der Waals surface area contributed by atoms with Crippen molar-refractivity contribution in [2.75, 3.05) is 13.1 Å². The van der Waals surface area contributed by atoms with Gasteiger partial charge in [-0.05, 0) is 33.6 Å².